The van der Waals surface area contributed by atoms with Gasteiger partial charge in [0.25, 0.3) is 0 Å². The third-order valence-corrected chi connectivity index (χ3v) is 3.72. The first kappa shape index (κ1) is 26.3. The number of amides is 1. The second-order valence-electron chi connectivity index (χ2n) is 6.15. The number of aromatic nitrogens is 4. The summed E-state index contributed by atoms with van der Waals surface area (Å²) in [5.41, 5.74) is -3.14. The first-order valence-electron chi connectivity index (χ1n) is 7.69. The molecule has 2 N–H and O–H groups in total. The molecule has 6 nitrogen and oxygen atoms in total. The highest BCUT2D eigenvalue weighted by Gasteiger charge is 2.76. The summed E-state index contributed by atoms with van der Waals surface area (Å²) in [6.07, 6.45) is -13.8. The normalized spacial score (nSPS) is 14.6. The molecule has 0 fully saturated rings. The molecule has 186 valence electrons. The number of H-pyrrole nitrogens is 1. The van der Waals surface area contributed by atoms with Crippen molar-refractivity contribution in [2.24, 2.45) is 0 Å². The number of rotatable bonds is 5. The van der Waals surface area contributed by atoms with Crippen molar-refractivity contribution in [1.82, 2.24) is 19.9 Å². The number of carbonyl (C=O) groups is 1. The molecule has 0 aliphatic heterocycles. The third-order valence-electron chi connectivity index (χ3n) is 3.72. The molecule has 0 saturated carbocycles. The zero-order valence-corrected chi connectivity index (χ0v) is 15.0. The maximum absolute atomic E-state index is 13.9. The minimum atomic E-state index is -6.92. The van der Waals surface area contributed by atoms with Gasteiger partial charge < -0.3 is 10.3 Å². The van der Waals surface area contributed by atoms with Crippen LogP contribution >= 0.6 is 0 Å². The Balaban J connectivity index is 2.82. The number of hydrogen-bond acceptors (Lipinski definition) is 4. The minimum Gasteiger partial charge on any atom is -0.332 e. The molecule has 0 spiro atoms. The molecular weight excluding hydrogens is 508 g/mol. The number of alkyl halides is 14. The van der Waals surface area contributed by atoms with Crippen LogP contribution in [0.15, 0.2) is 0 Å². The Morgan fingerprint density at radius 2 is 1.18 bits per heavy atom. The van der Waals surface area contributed by atoms with Crippen LogP contribution in [0.5, 0.6) is 0 Å². The maximum atomic E-state index is 13.9. The lowest BCUT2D eigenvalue weighted by molar-refractivity contribution is -0.361. The van der Waals surface area contributed by atoms with E-state index in [0.29, 0.717) is 6.92 Å². The molecule has 0 aromatic carbocycles. The fourth-order valence-electron chi connectivity index (χ4n) is 2.09. The van der Waals surface area contributed by atoms with Gasteiger partial charge in [0, 0.05) is 6.92 Å². The average Bonchev–Trinajstić information content (AvgIpc) is 3.04. The molecule has 0 atom stereocenters. The van der Waals surface area contributed by atoms with Crippen LogP contribution in [-0.2, 0) is 16.6 Å². The lowest BCUT2D eigenvalue weighted by Crippen LogP contribution is -2.50. The largest absolute Gasteiger partial charge is 0.460 e. The molecule has 2 aromatic rings. The standard InChI is InChI=1S/C13H5F14N5O/c1-2(33)28-4-3-5(31-6(29-3)8(14,15)10(18,19)12(22,23)24)32-7(30-4)9(16,17)11(20,21)13(25,26)27/h1H3,(H2,28,29,30,31,32,33). The zero-order chi connectivity index (χ0) is 26.0. The number of nitrogens with one attached hydrogen (secondary N) is 2. The first-order chi connectivity index (χ1) is 14.5. The Labute approximate surface area is 170 Å². The fraction of sp³-hybridized carbons (Fsp3) is 0.538. The first-order valence-corrected chi connectivity index (χ1v) is 7.69. The second-order valence-corrected chi connectivity index (χ2v) is 6.15. The monoisotopic (exact) mass is 513 g/mol. The van der Waals surface area contributed by atoms with E-state index in [1.807, 2.05) is 0 Å². The topological polar surface area (TPSA) is 83.6 Å². The number of anilines is 1. The van der Waals surface area contributed by atoms with Crippen molar-refractivity contribution < 1.29 is 66.3 Å². The molecule has 0 saturated heterocycles. The second kappa shape index (κ2) is 7.27. The van der Waals surface area contributed by atoms with Crippen molar-refractivity contribution in [2.75, 3.05) is 5.32 Å². The number of carbonyl (C=O) groups excluding carboxylic acids is 1. The number of aromatic amines is 1. The van der Waals surface area contributed by atoms with Crippen LogP contribution in [0.4, 0.5) is 67.3 Å². The summed E-state index contributed by atoms with van der Waals surface area (Å²) >= 11 is 0. The van der Waals surface area contributed by atoms with E-state index in [2.05, 4.69) is 15.0 Å². The van der Waals surface area contributed by atoms with Gasteiger partial charge >= 0.3 is 36.0 Å². The van der Waals surface area contributed by atoms with Gasteiger partial charge in [-0.1, -0.05) is 0 Å². The van der Waals surface area contributed by atoms with Gasteiger partial charge in [-0.05, 0) is 0 Å². The number of fused-ring (bicyclic) bond motifs is 1. The van der Waals surface area contributed by atoms with Crippen LogP contribution in [0, 0.1) is 0 Å². The SMILES string of the molecule is CC(=O)Nc1nc(C(F)(F)C(F)(F)C(F)(F)F)nc2nc(C(F)(F)C(F)(F)C(F)(F)F)[nH]c12. The van der Waals surface area contributed by atoms with E-state index < -0.39 is 70.6 Å². The van der Waals surface area contributed by atoms with Gasteiger partial charge in [-0.25, -0.2) is 15.0 Å². The van der Waals surface area contributed by atoms with Crippen LogP contribution in [0.3, 0.4) is 0 Å². The Morgan fingerprint density at radius 3 is 1.61 bits per heavy atom. The third kappa shape index (κ3) is 3.98. The predicted molar refractivity (Wildman–Crippen MR) is 75.8 cm³/mol. The summed E-state index contributed by atoms with van der Waals surface area (Å²) < 4.78 is 183. The highest BCUT2D eigenvalue weighted by atomic mass is 19.4. The molecule has 0 bridgehead atoms. The van der Waals surface area contributed by atoms with E-state index in [-0.39, 0.29) is 0 Å². The predicted octanol–water partition coefficient (Wildman–Crippen LogP) is 4.89. The van der Waals surface area contributed by atoms with Gasteiger partial charge in [-0.3, -0.25) is 4.79 Å². The van der Waals surface area contributed by atoms with Crippen molar-refractivity contribution >= 4 is 22.9 Å². The number of hydrogen-bond donors (Lipinski definition) is 2. The van der Waals surface area contributed by atoms with E-state index in [9.17, 15) is 66.3 Å². The summed E-state index contributed by atoms with van der Waals surface area (Å²) in [5.74, 6) is -34.6. The highest BCUT2D eigenvalue weighted by molar-refractivity contribution is 5.95. The van der Waals surface area contributed by atoms with Crippen LogP contribution < -0.4 is 5.32 Å². The lowest BCUT2D eigenvalue weighted by atomic mass is 10.1. The molecule has 2 rings (SSSR count). The molecule has 0 aliphatic rings. The molecule has 33 heavy (non-hydrogen) atoms. The van der Waals surface area contributed by atoms with E-state index in [1.165, 1.54) is 5.32 Å². The average molecular weight is 513 g/mol. The lowest BCUT2D eigenvalue weighted by Gasteiger charge is -2.27. The summed E-state index contributed by atoms with van der Waals surface area (Å²) in [6.45, 7) is 0.569. The van der Waals surface area contributed by atoms with Gasteiger partial charge in [0.05, 0.1) is 0 Å². The molecule has 2 heterocycles. The molecule has 1 amide bonds. The molecule has 20 heteroatoms. The Kier molecular flexibility index (Phi) is 5.79. The summed E-state index contributed by atoms with van der Waals surface area (Å²) in [5, 5.41) is 1.41. The maximum Gasteiger partial charge on any atom is 0.460 e. The van der Waals surface area contributed by atoms with Crippen LogP contribution in [0.25, 0.3) is 11.2 Å². The van der Waals surface area contributed by atoms with Gasteiger partial charge in [-0.15, -0.1) is 0 Å². The van der Waals surface area contributed by atoms with Crippen LogP contribution in [-0.4, -0.2) is 50.0 Å². The molecule has 0 radical (unpaired) electrons. The molecule has 0 unspecified atom stereocenters. The van der Waals surface area contributed by atoms with Crippen molar-refractivity contribution in [3.05, 3.63) is 11.6 Å². The summed E-state index contributed by atoms with van der Waals surface area (Å²) in [4.78, 5) is 19.5. The number of imidazole rings is 1. The van der Waals surface area contributed by atoms with Gasteiger partial charge in [-0.2, -0.15) is 61.5 Å². The van der Waals surface area contributed by atoms with Crippen molar-refractivity contribution in [2.45, 2.75) is 43.0 Å². The highest BCUT2D eigenvalue weighted by Crippen LogP contribution is 2.53. The van der Waals surface area contributed by atoms with E-state index in [4.69, 9.17) is 0 Å². The number of nitrogens with zero attached hydrogens (tertiary/aromatic N) is 3. The van der Waals surface area contributed by atoms with Crippen molar-refractivity contribution in [3.8, 4) is 0 Å². The van der Waals surface area contributed by atoms with E-state index in [1.54, 1.807) is 0 Å². The van der Waals surface area contributed by atoms with Crippen LogP contribution in [0.1, 0.15) is 18.6 Å². The zero-order valence-electron chi connectivity index (χ0n) is 15.0. The summed E-state index contributed by atoms with van der Waals surface area (Å²) in [7, 11) is 0. The van der Waals surface area contributed by atoms with Crippen LogP contribution in [0.2, 0.25) is 0 Å². The van der Waals surface area contributed by atoms with E-state index in [0.717, 1.165) is 4.98 Å². The van der Waals surface area contributed by atoms with Gasteiger partial charge in [0.2, 0.25) is 11.7 Å². The summed E-state index contributed by atoms with van der Waals surface area (Å²) in [6, 6.07) is 0. The quantitative estimate of drug-likeness (QED) is 0.558. The number of halogens is 14. The Hall–Kier alpha value is -2.96. The molecule has 2 aromatic heterocycles. The Morgan fingerprint density at radius 1 is 0.727 bits per heavy atom. The Bertz CT molecular complexity index is 1070. The molecule has 0 aliphatic carbocycles. The van der Waals surface area contributed by atoms with Gasteiger partial charge in [0.1, 0.15) is 5.52 Å². The fourth-order valence-corrected chi connectivity index (χ4v) is 2.09. The van der Waals surface area contributed by atoms with Gasteiger partial charge in [0.15, 0.2) is 17.3 Å². The van der Waals surface area contributed by atoms with Crippen molar-refractivity contribution in [3.63, 3.8) is 0 Å². The van der Waals surface area contributed by atoms with Crippen molar-refractivity contribution in [1.29, 1.82) is 0 Å². The smallest absolute Gasteiger partial charge is 0.332 e. The minimum absolute atomic E-state index is 0.569. The van der Waals surface area contributed by atoms with E-state index >= 15 is 0 Å². The molecular formula is C13H5F14N5O.